The SMILES string of the molecule is CCN1CCOC(CC(=O)Cc2ccc3c(c2)OCCO3)C1=O. The molecule has 124 valence electrons. The van der Waals surface area contributed by atoms with Crippen molar-refractivity contribution in [3.05, 3.63) is 23.8 Å². The van der Waals surface area contributed by atoms with Gasteiger partial charge in [-0.3, -0.25) is 9.59 Å². The Morgan fingerprint density at radius 2 is 2.00 bits per heavy atom. The van der Waals surface area contributed by atoms with Gasteiger partial charge >= 0.3 is 0 Å². The molecule has 0 N–H and O–H groups in total. The lowest BCUT2D eigenvalue weighted by Crippen LogP contribution is -2.48. The van der Waals surface area contributed by atoms with Gasteiger partial charge in [-0.1, -0.05) is 6.07 Å². The van der Waals surface area contributed by atoms with Gasteiger partial charge < -0.3 is 19.1 Å². The van der Waals surface area contributed by atoms with E-state index < -0.39 is 6.10 Å². The van der Waals surface area contributed by atoms with E-state index in [1.54, 1.807) is 4.90 Å². The van der Waals surface area contributed by atoms with Crippen molar-refractivity contribution < 1.29 is 23.8 Å². The van der Waals surface area contributed by atoms with Gasteiger partial charge in [-0.15, -0.1) is 0 Å². The molecule has 1 atom stereocenters. The Hall–Kier alpha value is -2.08. The van der Waals surface area contributed by atoms with Crippen LogP contribution in [0.4, 0.5) is 0 Å². The predicted octanol–water partition coefficient (Wildman–Crippen LogP) is 1.21. The highest BCUT2D eigenvalue weighted by molar-refractivity contribution is 5.89. The van der Waals surface area contributed by atoms with Crippen molar-refractivity contribution in [1.82, 2.24) is 4.90 Å². The Labute approximate surface area is 135 Å². The summed E-state index contributed by atoms with van der Waals surface area (Å²) in [6, 6.07) is 5.50. The van der Waals surface area contributed by atoms with E-state index in [4.69, 9.17) is 14.2 Å². The summed E-state index contributed by atoms with van der Waals surface area (Å²) in [5.41, 5.74) is 0.856. The summed E-state index contributed by atoms with van der Waals surface area (Å²) >= 11 is 0. The number of hydrogen-bond donors (Lipinski definition) is 0. The lowest BCUT2D eigenvalue weighted by atomic mass is 10.0. The summed E-state index contributed by atoms with van der Waals surface area (Å²) in [5.74, 6) is 1.27. The molecule has 0 aromatic heterocycles. The van der Waals surface area contributed by atoms with Gasteiger partial charge in [0.15, 0.2) is 11.5 Å². The second kappa shape index (κ2) is 7.00. The minimum absolute atomic E-state index is 0.0158. The molecule has 0 spiro atoms. The fourth-order valence-electron chi connectivity index (χ4n) is 2.85. The van der Waals surface area contributed by atoms with Gasteiger partial charge in [0.2, 0.25) is 0 Å². The van der Waals surface area contributed by atoms with Crippen molar-refractivity contribution in [2.24, 2.45) is 0 Å². The summed E-state index contributed by atoms with van der Waals surface area (Å²) in [5, 5.41) is 0. The average molecular weight is 319 g/mol. The van der Waals surface area contributed by atoms with Crippen LogP contribution in [0.1, 0.15) is 18.9 Å². The number of rotatable bonds is 5. The Morgan fingerprint density at radius 1 is 1.22 bits per heavy atom. The smallest absolute Gasteiger partial charge is 0.252 e. The van der Waals surface area contributed by atoms with Crippen LogP contribution in [0.5, 0.6) is 11.5 Å². The van der Waals surface area contributed by atoms with Crippen molar-refractivity contribution in [3.63, 3.8) is 0 Å². The Balaban J connectivity index is 1.60. The minimum atomic E-state index is -0.645. The zero-order valence-corrected chi connectivity index (χ0v) is 13.2. The molecule has 1 aromatic rings. The fraction of sp³-hybridized carbons (Fsp3) is 0.529. The molecule has 6 heteroatoms. The lowest BCUT2D eigenvalue weighted by Gasteiger charge is -2.31. The first kappa shape index (κ1) is 15.8. The van der Waals surface area contributed by atoms with E-state index in [0.29, 0.717) is 44.4 Å². The number of ketones is 1. The summed E-state index contributed by atoms with van der Waals surface area (Å²) in [6.45, 7) is 4.72. The van der Waals surface area contributed by atoms with Crippen LogP contribution >= 0.6 is 0 Å². The normalized spacial score (nSPS) is 20.5. The number of carbonyl (C=O) groups excluding carboxylic acids is 2. The average Bonchev–Trinajstić information content (AvgIpc) is 2.56. The number of morpholine rings is 1. The second-order valence-corrected chi connectivity index (χ2v) is 5.67. The zero-order valence-electron chi connectivity index (χ0n) is 13.2. The summed E-state index contributed by atoms with van der Waals surface area (Å²) in [6.07, 6.45) is -0.270. The summed E-state index contributed by atoms with van der Waals surface area (Å²) in [7, 11) is 0. The molecule has 6 nitrogen and oxygen atoms in total. The van der Waals surface area contributed by atoms with E-state index in [0.717, 1.165) is 5.56 Å². The third kappa shape index (κ3) is 3.64. The lowest BCUT2D eigenvalue weighted by molar-refractivity contribution is -0.155. The van der Waals surface area contributed by atoms with Crippen molar-refractivity contribution in [1.29, 1.82) is 0 Å². The highest BCUT2D eigenvalue weighted by Crippen LogP contribution is 2.31. The topological polar surface area (TPSA) is 65.1 Å². The van der Waals surface area contributed by atoms with Crippen LogP contribution < -0.4 is 9.47 Å². The van der Waals surface area contributed by atoms with Gasteiger partial charge in [0.25, 0.3) is 5.91 Å². The largest absolute Gasteiger partial charge is 0.486 e. The first-order valence-corrected chi connectivity index (χ1v) is 7.98. The molecule has 23 heavy (non-hydrogen) atoms. The Kier molecular flexibility index (Phi) is 4.81. The molecule has 2 heterocycles. The molecular weight excluding hydrogens is 298 g/mol. The molecule has 1 saturated heterocycles. The molecule has 0 aliphatic carbocycles. The second-order valence-electron chi connectivity index (χ2n) is 5.67. The number of ether oxygens (including phenoxy) is 3. The highest BCUT2D eigenvalue weighted by atomic mass is 16.6. The van der Waals surface area contributed by atoms with Crippen LogP contribution in [0.2, 0.25) is 0 Å². The van der Waals surface area contributed by atoms with Crippen molar-refractivity contribution in [2.45, 2.75) is 25.9 Å². The maximum Gasteiger partial charge on any atom is 0.252 e. The minimum Gasteiger partial charge on any atom is -0.486 e. The van der Waals surface area contributed by atoms with Gasteiger partial charge in [-0.25, -0.2) is 0 Å². The molecule has 0 bridgehead atoms. The molecule has 1 amide bonds. The number of likely N-dealkylation sites (N-methyl/N-ethyl adjacent to an activating group) is 1. The molecular formula is C17H21NO5. The highest BCUT2D eigenvalue weighted by Gasteiger charge is 2.30. The van der Waals surface area contributed by atoms with Crippen molar-refractivity contribution in [2.75, 3.05) is 32.9 Å². The first-order valence-electron chi connectivity index (χ1n) is 7.98. The first-order chi connectivity index (χ1) is 11.2. The number of fused-ring (bicyclic) bond motifs is 1. The summed E-state index contributed by atoms with van der Waals surface area (Å²) in [4.78, 5) is 26.1. The number of carbonyl (C=O) groups is 2. The molecule has 3 rings (SSSR count). The molecule has 2 aliphatic rings. The monoisotopic (exact) mass is 319 g/mol. The van der Waals surface area contributed by atoms with Gasteiger partial charge in [0.05, 0.1) is 6.61 Å². The number of Topliss-reactive ketones (excluding diaryl/α,β-unsaturated/α-hetero) is 1. The van der Waals surface area contributed by atoms with Gasteiger partial charge in [0, 0.05) is 25.9 Å². The van der Waals surface area contributed by atoms with Crippen molar-refractivity contribution >= 4 is 11.7 Å². The van der Waals surface area contributed by atoms with Crippen LogP contribution in [0.3, 0.4) is 0 Å². The van der Waals surface area contributed by atoms with Crippen LogP contribution in [0.25, 0.3) is 0 Å². The van der Waals surface area contributed by atoms with Gasteiger partial charge in [0.1, 0.15) is 25.1 Å². The standard InChI is InChI=1S/C17H21NO5/c1-2-18-5-6-21-16(17(18)20)11-13(19)9-12-3-4-14-15(10-12)23-8-7-22-14/h3-4,10,16H,2,5-9,11H2,1H3. The quantitative estimate of drug-likeness (QED) is 0.816. The molecule has 1 aromatic carbocycles. The number of hydrogen-bond acceptors (Lipinski definition) is 5. The number of amides is 1. The van der Waals surface area contributed by atoms with E-state index in [1.165, 1.54) is 0 Å². The molecule has 0 saturated carbocycles. The van der Waals surface area contributed by atoms with E-state index >= 15 is 0 Å². The van der Waals surface area contributed by atoms with Crippen LogP contribution in [-0.4, -0.2) is 55.6 Å². The van der Waals surface area contributed by atoms with E-state index in [9.17, 15) is 9.59 Å². The Bertz CT molecular complexity index is 601. The van der Waals surface area contributed by atoms with Gasteiger partial charge in [-0.2, -0.15) is 0 Å². The molecule has 2 aliphatic heterocycles. The fourth-order valence-corrected chi connectivity index (χ4v) is 2.85. The Morgan fingerprint density at radius 3 is 2.78 bits per heavy atom. The van der Waals surface area contributed by atoms with Gasteiger partial charge in [-0.05, 0) is 24.6 Å². The zero-order chi connectivity index (χ0) is 16.2. The van der Waals surface area contributed by atoms with Crippen LogP contribution in [0, 0.1) is 0 Å². The number of nitrogens with zero attached hydrogens (tertiary/aromatic N) is 1. The molecule has 1 unspecified atom stereocenters. The van der Waals surface area contributed by atoms with E-state index in [1.807, 2.05) is 25.1 Å². The van der Waals surface area contributed by atoms with Crippen LogP contribution in [0.15, 0.2) is 18.2 Å². The molecule has 0 radical (unpaired) electrons. The third-order valence-corrected chi connectivity index (χ3v) is 4.07. The molecule has 1 fully saturated rings. The predicted molar refractivity (Wildman–Crippen MR) is 82.8 cm³/mol. The van der Waals surface area contributed by atoms with Crippen LogP contribution in [-0.2, 0) is 20.7 Å². The third-order valence-electron chi connectivity index (χ3n) is 4.07. The van der Waals surface area contributed by atoms with E-state index in [-0.39, 0.29) is 24.5 Å². The van der Waals surface area contributed by atoms with E-state index in [2.05, 4.69) is 0 Å². The van der Waals surface area contributed by atoms with Crippen molar-refractivity contribution in [3.8, 4) is 11.5 Å². The maximum absolute atomic E-state index is 12.3. The maximum atomic E-state index is 12.3. The number of benzene rings is 1. The summed E-state index contributed by atoms with van der Waals surface area (Å²) < 4.78 is 16.4.